The molecule has 0 spiro atoms. The van der Waals surface area contributed by atoms with Gasteiger partial charge in [-0.1, -0.05) is 24.0 Å². The summed E-state index contributed by atoms with van der Waals surface area (Å²) in [4.78, 5) is 2.34. The minimum absolute atomic E-state index is 0.363. The summed E-state index contributed by atoms with van der Waals surface area (Å²) in [5, 5.41) is 0. The van der Waals surface area contributed by atoms with E-state index >= 15 is 0 Å². The molecule has 19 heavy (non-hydrogen) atoms. The molecule has 0 bridgehead atoms. The Bertz CT molecular complexity index is 445. The molecule has 0 unspecified atom stereocenters. The molecule has 102 valence electrons. The Morgan fingerprint density at radius 3 is 2.84 bits per heavy atom. The number of rotatable bonds is 4. The van der Waals surface area contributed by atoms with E-state index in [4.69, 9.17) is 15.2 Å². The van der Waals surface area contributed by atoms with Gasteiger partial charge in [-0.05, 0) is 12.1 Å². The van der Waals surface area contributed by atoms with Crippen LogP contribution in [0.1, 0.15) is 5.56 Å². The number of hydrogen-bond donors (Lipinski definition) is 1. The Hall–Kier alpha value is -1.54. The molecule has 0 saturated carbocycles. The molecule has 1 aromatic carbocycles. The number of nitrogens with two attached hydrogens (primary N) is 1. The maximum absolute atomic E-state index is 5.81. The molecule has 1 heterocycles. The summed E-state index contributed by atoms with van der Waals surface area (Å²) in [5.41, 5.74) is 6.29. The van der Waals surface area contributed by atoms with Gasteiger partial charge < -0.3 is 15.2 Å². The van der Waals surface area contributed by atoms with E-state index in [-0.39, 0.29) is 0 Å². The van der Waals surface area contributed by atoms with Crippen molar-refractivity contribution >= 4 is 0 Å². The molecule has 2 N–H and O–H groups in total. The van der Waals surface area contributed by atoms with Gasteiger partial charge >= 0.3 is 0 Å². The average molecular weight is 260 g/mol. The Morgan fingerprint density at radius 2 is 2.05 bits per heavy atom. The number of morpholine rings is 1. The first-order chi connectivity index (χ1) is 9.40. The summed E-state index contributed by atoms with van der Waals surface area (Å²) in [6.45, 7) is 5.55. The predicted molar refractivity (Wildman–Crippen MR) is 75.1 cm³/mol. The zero-order valence-corrected chi connectivity index (χ0v) is 11.1. The highest BCUT2D eigenvalue weighted by molar-refractivity contribution is 5.45. The van der Waals surface area contributed by atoms with Gasteiger partial charge in [-0.25, -0.2) is 0 Å². The minimum atomic E-state index is 0.363. The van der Waals surface area contributed by atoms with Gasteiger partial charge in [0.2, 0.25) is 0 Å². The lowest BCUT2D eigenvalue weighted by Gasteiger charge is -2.26. The number of para-hydroxylation sites is 1. The summed E-state index contributed by atoms with van der Waals surface area (Å²) in [6, 6.07) is 7.81. The largest absolute Gasteiger partial charge is 0.491 e. The summed E-state index contributed by atoms with van der Waals surface area (Å²) >= 11 is 0. The number of ether oxygens (including phenoxy) is 2. The molecular formula is C15H20N2O2. The van der Waals surface area contributed by atoms with E-state index in [1.807, 2.05) is 24.3 Å². The lowest BCUT2D eigenvalue weighted by Crippen LogP contribution is -2.38. The lowest BCUT2D eigenvalue weighted by molar-refractivity contribution is 0.0322. The number of hydrogen-bond acceptors (Lipinski definition) is 4. The highest BCUT2D eigenvalue weighted by Gasteiger charge is 2.10. The van der Waals surface area contributed by atoms with Crippen molar-refractivity contribution in [1.82, 2.24) is 4.90 Å². The first-order valence-corrected chi connectivity index (χ1v) is 6.61. The molecule has 0 aliphatic carbocycles. The molecule has 0 atom stereocenters. The fraction of sp³-hybridized carbons (Fsp3) is 0.467. The first-order valence-electron chi connectivity index (χ1n) is 6.61. The fourth-order valence-electron chi connectivity index (χ4n) is 1.95. The van der Waals surface area contributed by atoms with E-state index in [1.54, 1.807) is 0 Å². The Kier molecular flexibility index (Phi) is 5.70. The highest BCUT2D eigenvalue weighted by Crippen LogP contribution is 2.16. The standard InChI is InChI=1S/C15H20N2O2/c16-7-3-5-14-4-1-2-6-15(14)19-13-10-17-8-11-18-12-9-17/h1-2,4,6H,7-13,16H2. The third-order valence-electron chi connectivity index (χ3n) is 2.98. The Balaban J connectivity index is 1.84. The van der Waals surface area contributed by atoms with Gasteiger partial charge in [0.1, 0.15) is 12.4 Å². The summed E-state index contributed by atoms with van der Waals surface area (Å²) in [5.74, 6) is 6.71. The number of nitrogens with zero attached hydrogens (tertiary/aromatic N) is 1. The molecule has 0 radical (unpaired) electrons. The van der Waals surface area contributed by atoms with Crippen molar-refractivity contribution in [3.8, 4) is 17.6 Å². The molecule has 0 amide bonds. The Labute approximate surface area is 114 Å². The second-order valence-electron chi connectivity index (χ2n) is 4.30. The third kappa shape index (κ3) is 4.56. The lowest BCUT2D eigenvalue weighted by atomic mass is 10.2. The normalized spacial score (nSPS) is 15.6. The van der Waals surface area contributed by atoms with Crippen molar-refractivity contribution in [1.29, 1.82) is 0 Å². The van der Waals surface area contributed by atoms with Gasteiger partial charge in [0.25, 0.3) is 0 Å². The van der Waals surface area contributed by atoms with Crippen LogP contribution in [0.2, 0.25) is 0 Å². The van der Waals surface area contributed by atoms with Crippen molar-refractivity contribution in [2.24, 2.45) is 5.73 Å². The van der Waals surface area contributed by atoms with Crippen LogP contribution in [-0.2, 0) is 4.74 Å². The number of benzene rings is 1. The monoisotopic (exact) mass is 260 g/mol. The molecule has 1 fully saturated rings. The molecule has 0 aromatic heterocycles. The van der Waals surface area contributed by atoms with Crippen molar-refractivity contribution in [3.63, 3.8) is 0 Å². The van der Waals surface area contributed by atoms with Crippen molar-refractivity contribution in [2.45, 2.75) is 0 Å². The van der Waals surface area contributed by atoms with E-state index in [0.29, 0.717) is 13.2 Å². The van der Waals surface area contributed by atoms with Crippen LogP contribution in [0.15, 0.2) is 24.3 Å². The summed E-state index contributed by atoms with van der Waals surface area (Å²) in [6.07, 6.45) is 0. The van der Waals surface area contributed by atoms with Crippen molar-refractivity contribution < 1.29 is 9.47 Å². The first kappa shape index (κ1) is 13.9. The molecule has 1 aromatic rings. The van der Waals surface area contributed by atoms with Gasteiger partial charge in [-0.3, -0.25) is 4.90 Å². The molecule has 4 nitrogen and oxygen atoms in total. The van der Waals surface area contributed by atoms with Crippen molar-refractivity contribution in [3.05, 3.63) is 29.8 Å². The zero-order valence-electron chi connectivity index (χ0n) is 11.1. The third-order valence-corrected chi connectivity index (χ3v) is 2.98. The molecule has 1 aliphatic heterocycles. The van der Waals surface area contributed by atoms with E-state index in [0.717, 1.165) is 44.2 Å². The van der Waals surface area contributed by atoms with Crippen LogP contribution < -0.4 is 10.5 Å². The maximum Gasteiger partial charge on any atom is 0.134 e. The van der Waals surface area contributed by atoms with Crippen LogP contribution in [0.4, 0.5) is 0 Å². The molecule has 1 saturated heterocycles. The topological polar surface area (TPSA) is 47.7 Å². The van der Waals surface area contributed by atoms with Crippen LogP contribution >= 0.6 is 0 Å². The molecule has 1 aliphatic rings. The fourth-order valence-corrected chi connectivity index (χ4v) is 1.95. The van der Waals surface area contributed by atoms with E-state index in [9.17, 15) is 0 Å². The predicted octanol–water partition coefficient (Wildman–Crippen LogP) is 0.708. The zero-order chi connectivity index (χ0) is 13.3. The van der Waals surface area contributed by atoms with Crippen molar-refractivity contribution in [2.75, 3.05) is 46.0 Å². The van der Waals surface area contributed by atoms with Gasteiger partial charge in [0, 0.05) is 19.6 Å². The Morgan fingerprint density at radius 1 is 1.26 bits per heavy atom. The van der Waals surface area contributed by atoms with E-state index in [2.05, 4.69) is 16.7 Å². The van der Waals surface area contributed by atoms with Crippen LogP contribution in [0, 0.1) is 11.8 Å². The summed E-state index contributed by atoms with van der Waals surface area (Å²) < 4.78 is 11.1. The quantitative estimate of drug-likeness (QED) is 0.810. The molecule has 4 heteroatoms. The van der Waals surface area contributed by atoms with Crippen LogP contribution in [-0.4, -0.2) is 50.9 Å². The van der Waals surface area contributed by atoms with E-state index in [1.165, 1.54) is 0 Å². The van der Waals surface area contributed by atoms with E-state index < -0.39 is 0 Å². The molecule has 2 rings (SSSR count). The van der Waals surface area contributed by atoms with Gasteiger partial charge in [0.15, 0.2) is 0 Å². The second kappa shape index (κ2) is 7.80. The van der Waals surface area contributed by atoms with Crippen LogP contribution in [0.3, 0.4) is 0 Å². The van der Waals surface area contributed by atoms with Gasteiger partial charge in [-0.2, -0.15) is 0 Å². The highest BCUT2D eigenvalue weighted by atomic mass is 16.5. The molecular weight excluding hydrogens is 240 g/mol. The smallest absolute Gasteiger partial charge is 0.134 e. The SMILES string of the molecule is NCC#Cc1ccccc1OCCN1CCOCC1. The summed E-state index contributed by atoms with van der Waals surface area (Å²) in [7, 11) is 0. The van der Waals surface area contributed by atoms with Gasteiger partial charge in [-0.15, -0.1) is 0 Å². The minimum Gasteiger partial charge on any atom is -0.491 e. The van der Waals surface area contributed by atoms with Gasteiger partial charge in [0.05, 0.1) is 25.3 Å². The second-order valence-corrected chi connectivity index (χ2v) is 4.30. The average Bonchev–Trinajstić information content (AvgIpc) is 2.47. The van der Waals surface area contributed by atoms with Crippen LogP contribution in [0.5, 0.6) is 5.75 Å². The maximum atomic E-state index is 5.81. The van der Waals surface area contributed by atoms with Crippen LogP contribution in [0.25, 0.3) is 0 Å².